The molecule has 3 rings (SSSR count). The van der Waals surface area contributed by atoms with E-state index >= 15 is 0 Å². The van der Waals surface area contributed by atoms with Gasteiger partial charge >= 0.3 is 0 Å². The minimum absolute atomic E-state index is 0.876. The second kappa shape index (κ2) is 3.42. The highest BCUT2D eigenvalue weighted by molar-refractivity contribution is 8.50. The first kappa shape index (κ1) is 8.52. The molecule has 1 heterocycles. The molecule has 2 aromatic rings. The third-order valence-electron chi connectivity index (χ3n) is 2.42. The van der Waals surface area contributed by atoms with E-state index in [0.29, 0.717) is 0 Å². The number of benzene rings is 2. The zero-order valence-corrected chi connectivity index (χ0v) is 9.34. The Morgan fingerprint density at radius 3 is 2.93 bits per heavy atom. The largest absolute Gasteiger partial charge is 0.0971 e. The molecule has 0 nitrogen and oxygen atoms in total. The third kappa shape index (κ3) is 1.28. The van der Waals surface area contributed by atoms with Crippen molar-refractivity contribution in [1.82, 2.24) is 0 Å². The Balaban J connectivity index is 2.42. The average molecular weight is 216 g/mol. The van der Waals surface area contributed by atoms with Crippen molar-refractivity contribution in [3.63, 3.8) is 0 Å². The van der Waals surface area contributed by atoms with Gasteiger partial charge in [-0.2, -0.15) is 0 Å². The molecule has 0 fully saturated rings. The summed E-state index contributed by atoms with van der Waals surface area (Å²) in [5.41, 5.74) is 1.40. The van der Waals surface area contributed by atoms with Gasteiger partial charge in [0.05, 0.1) is 0 Å². The summed E-state index contributed by atoms with van der Waals surface area (Å²) in [7, 11) is 0.876. The van der Waals surface area contributed by atoms with E-state index < -0.39 is 0 Å². The first-order valence-electron chi connectivity index (χ1n) is 4.56. The van der Waals surface area contributed by atoms with E-state index in [2.05, 4.69) is 48.3 Å². The van der Waals surface area contributed by atoms with Crippen LogP contribution in [0.25, 0.3) is 16.8 Å². The van der Waals surface area contributed by atoms with E-state index in [9.17, 15) is 0 Å². The maximum absolute atomic E-state index is 2.26. The van der Waals surface area contributed by atoms with E-state index in [4.69, 9.17) is 0 Å². The second-order valence-corrected chi connectivity index (χ2v) is 5.78. The fourth-order valence-corrected chi connectivity index (χ4v) is 3.93. The third-order valence-corrected chi connectivity index (χ3v) is 4.84. The minimum atomic E-state index is 0.876. The van der Waals surface area contributed by atoms with Crippen LogP contribution in [0.2, 0.25) is 0 Å². The maximum atomic E-state index is 2.26. The summed E-state index contributed by atoms with van der Waals surface area (Å²) in [5, 5.41) is 2.71. The van der Waals surface area contributed by atoms with Gasteiger partial charge in [-0.05, 0) is 30.2 Å². The predicted molar refractivity (Wildman–Crippen MR) is 67.2 cm³/mol. The Labute approximate surface area is 88.9 Å². The quantitative estimate of drug-likeness (QED) is 0.584. The molecule has 1 aliphatic heterocycles. The SMILES string of the molecule is C1=Cc2c(ccc3ccccc23)SP1. The standard InChI is InChI=1S/C12H9PS/c1-2-4-10-9(3-1)5-6-12-11(10)7-8-13-14-12/h1-8,13H. The zero-order chi connectivity index (χ0) is 9.38. The highest BCUT2D eigenvalue weighted by Gasteiger charge is 2.07. The topological polar surface area (TPSA) is 0 Å². The maximum Gasteiger partial charge on any atom is 0.0195 e. The molecule has 14 heavy (non-hydrogen) atoms. The zero-order valence-electron chi connectivity index (χ0n) is 7.53. The van der Waals surface area contributed by atoms with Gasteiger partial charge in [-0.1, -0.05) is 53.6 Å². The molecule has 0 amide bonds. The van der Waals surface area contributed by atoms with Gasteiger partial charge in [0.25, 0.3) is 0 Å². The second-order valence-electron chi connectivity index (χ2n) is 3.25. The van der Waals surface area contributed by atoms with Crippen LogP contribution in [0.15, 0.2) is 47.1 Å². The lowest BCUT2D eigenvalue weighted by atomic mass is 10.0. The van der Waals surface area contributed by atoms with Crippen LogP contribution < -0.4 is 0 Å². The van der Waals surface area contributed by atoms with Crippen molar-refractivity contribution in [3.05, 3.63) is 47.8 Å². The van der Waals surface area contributed by atoms with Crippen LogP contribution in [0.4, 0.5) is 0 Å². The lowest BCUT2D eigenvalue weighted by Crippen LogP contribution is -1.83. The van der Waals surface area contributed by atoms with Gasteiger partial charge in [0.15, 0.2) is 0 Å². The average Bonchev–Trinajstić information content (AvgIpc) is 2.29. The molecule has 0 saturated heterocycles. The van der Waals surface area contributed by atoms with Gasteiger partial charge in [-0.25, -0.2) is 0 Å². The monoisotopic (exact) mass is 216 g/mol. The Morgan fingerprint density at radius 2 is 1.93 bits per heavy atom. The summed E-state index contributed by atoms with van der Waals surface area (Å²) in [6, 6.07) is 13.0. The van der Waals surface area contributed by atoms with E-state index in [0.717, 1.165) is 7.78 Å². The molecule has 2 aromatic carbocycles. The number of rotatable bonds is 0. The molecular weight excluding hydrogens is 207 g/mol. The lowest BCUT2D eigenvalue weighted by molar-refractivity contribution is 1.48. The van der Waals surface area contributed by atoms with Gasteiger partial charge in [-0.15, -0.1) is 0 Å². The van der Waals surface area contributed by atoms with E-state index in [-0.39, 0.29) is 0 Å². The minimum Gasteiger partial charge on any atom is -0.0971 e. The van der Waals surface area contributed by atoms with Crippen LogP contribution in [0.5, 0.6) is 0 Å². The molecule has 0 saturated carbocycles. The van der Waals surface area contributed by atoms with E-state index in [1.807, 2.05) is 11.4 Å². The summed E-state index contributed by atoms with van der Waals surface area (Å²) in [6.45, 7) is 0. The molecule has 0 spiro atoms. The Hall–Kier alpha value is -0.780. The van der Waals surface area contributed by atoms with Crippen molar-refractivity contribution in [2.24, 2.45) is 0 Å². The van der Waals surface area contributed by atoms with Crippen molar-refractivity contribution in [2.45, 2.75) is 4.90 Å². The predicted octanol–water partition coefficient (Wildman–Crippen LogP) is 4.51. The van der Waals surface area contributed by atoms with Crippen LogP contribution in [0.3, 0.4) is 0 Å². The molecule has 0 bridgehead atoms. The number of fused-ring (bicyclic) bond motifs is 3. The fourth-order valence-electron chi connectivity index (χ4n) is 1.75. The molecule has 0 radical (unpaired) electrons. The van der Waals surface area contributed by atoms with Crippen molar-refractivity contribution < 1.29 is 0 Å². The smallest absolute Gasteiger partial charge is 0.0195 e. The van der Waals surface area contributed by atoms with Crippen LogP contribution in [0.1, 0.15) is 5.56 Å². The van der Waals surface area contributed by atoms with Crippen molar-refractivity contribution in [1.29, 1.82) is 0 Å². The fraction of sp³-hybridized carbons (Fsp3) is 0. The Morgan fingerprint density at radius 1 is 1.00 bits per heavy atom. The lowest BCUT2D eigenvalue weighted by Gasteiger charge is -2.12. The number of hydrogen-bond acceptors (Lipinski definition) is 1. The van der Waals surface area contributed by atoms with E-state index in [1.54, 1.807) is 0 Å². The van der Waals surface area contributed by atoms with Crippen LogP contribution in [-0.4, -0.2) is 0 Å². The molecular formula is C12H9PS. The number of hydrogen-bond donors (Lipinski definition) is 0. The van der Waals surface area contributed by atoms with Gasteiger partial charge in [0.1, 0.15) is 0 Å². The van der Waals surface area contributed by atoms with Crippen molar-refractivity contribution in [2.75, 3.05) is 0 Å². The highest BCUT2D eigenvalue weighted by atomic mass is 32.7. The Kier molecular flexibility index (Phi) is 2.08. The summed E-state index contributed by atoms with van der Waals surface area (Å²) in [6.07, 6.45) is 2.26. The highest BCUT2D eigenvalue weighted by Crippen LogP contribution is 2.46. The summed E-state index contributed by atoms with van der Waals surface area (Å²) >= 11 is 1.94. The van der Waals surface area contributed by atoms with E-state index in [1.165, 1.54) is 21.2 Å². The van der Waals surface area contributed by atoms with Crippen LogP contribution in [0, 0.1) is 0 Å². The summed E-state index contributed by atoms with van der Waals surface area (Å²) in [4.78, 5) is 1.42. The van der Waals surface area contributed by atoms with Gasteiger partial charge < -0.3 is 0 Å². The normalized spacial score (nSPS) is 16.0. The van der Waals surface area contributed by atoms with Crippen molar-refractivity contribution in [3.8, 4) is 0 Å². The first-order chi connectivity index (χ1) is 6.95. The van der Waals surface area contributed by atoms with Gasteiger partial charge in [0, 0.05) is 4.90 Å². The Bertz CT molecular complexity index is 517. The molecule has 0 aliphatic carbocycles. The summed E-state index contributed by atoms with van der Waals surface area (Å²) < 4.78 is 0. The molecule has 0 aromatic heterocycles. The summed E-state index contributed by atoms with van der Waals surface area (Å²) in [5.74, 6) is 2.26. The van der Waals surface area contributed by atoms with Gasteiger partial charge in [-0.3, -0.25) is 0 Å². The van der Waals surface area contributed by atoms with Crippen LogP contribution >= 0.6 is 19.2 Å². The molecule has 0 N–H and O–H groups in total. The van der Waals surface area contributed by atoms with Gasteiger partial charge in [0.2, 0.25) is 0 Å². The molecule has 2 heteroatoms. The van der Waals surface area contributed by atoms with Crippen LogP contribution in [-0.2, 0) is 0 Å². The first-order valence-corrected chi connectivity index (χ1v) is 7.18. The molecule has 1 aliphatic rings. The molecule has 1 atom stereocenters. The molecule has 68 valence electrons. The van der Waals surface area contributed by atoms with Crippen molar-refractivity contribution >= 4 is 36.0 Å². The molecule has 1 unspecified atom stereocenters.